The molecule has 20 heavy (non-hydrogen) atoms. The van der Waals surface area contributed by atoms with Crippen molar-refractivity contribution in [2.75, 3.05) is 0 Å². The highest BCUT2D eigenvalue weighted by Gasteiger charge is 2.57. The Morgan fingerprint density at radius 1 is 1.15 bits per heavy atom. The average molecular weight is 280 g/mol. The zero-order chi connectivity index (χ0) is 14.5. The molecular weight excluding hydrogens is 264 g/mol. The zero-order valence-corrected chi connectivity index (χ0v) is 11.0. The summed E-state index contributed by atoms with van der Waals surface area (Å²) >= 11 is 0. The first-order valence-electron chi connectivity index (χ1n) is 6.90. The van der Waals surface area contributed by atoms with Crippen LogP contribution in [0.5, 0.6) is 0 Å². The van der Waals surface area contributed by atoms with Crippen LogP contribution >= 0.6 is 0 Å². The lowest BCUT2D eigenvalue weighted by atomic mass is 9.53. The van der Waals surface area contributed by atoms with E-state index < -0.39 is 29.7 Å². The van der Waals surface area contributed by atoms with E-state index in [0.717, 1.165) is 19.3 Å². The highest BCUT2D eigenvalue weighted by Crippen LogP contribution is 2.55. The number of aliphatic carboxylic acids is 1. The van der Waals surface area contributed by atoms with Crippen molar-refractivity contribution in [1.29, 1.82) is 0 Å². The third-order valence-corrected chi connectivity index (χ3v) is 4.81. The summed E-state index contributed by atoms with van der Waals surface area (Å²) in [6.07, 6.45) is 2.83. The lowest BCUT2D eigenvalue weighted by molar-refractivity contribution is -0.189. The molecule has 0 aromatic rings. The minimum atomic E-state index is -1.62. The SMILES string of the molecule is O=C(CC(=O)C(=O)O)OC12CC3CC(C1)C(=O)C(C3)C2. The smallest absolute Gasteiger partial charge is 0.372 e. The average Bonchev–Trinajstić information content (AvgIpc) is 2.33. The highest BCUT2D eigenvalue weighted by molar-refractivity contribution is 6.35. The van der Waals surface area contributed by atoms with E-state index in [-0.39, 0.29) is 17.6 Å². The fourth-order valence-corrected chi connectivity index (χ4v) is 4.28. The standard InChI is InChI=1S/C14H16O6/c15-10(13(18)19)3-11(16)20-14-4-7-1-8(5-14)12(17)9(2-7)6-14/h7-9H,1-6H2,(H,18,19). The van der Waals surface area contributed by atoms with Gasteiger partial charge in [-0.2, -0.15) is 0 Å². The number of carbonyl (C=O) groups is 4. The lowest BCUT2D eigenvalue weighted by Crippen LogP contribution is -2.57. The Morgan fingerprint density at radius 3 is 2.30 bits per heavy atom. The zero-order valence-electron chi connectivity index (χ0n) is 11.0. The number of Topliss-reactive ketones (excluding diaryl/α,β-unsaturated/α-hetero) is 2. The van der Waals surface area contributed by atoms with Crippen LogP contribution in [0.15, 0.2) is 0 Å². The second-order valence-electron chi connectivity index (χ2n) is 6.31. The van der Waals surface area contributed by atoms with Crippen LogP contribution in [-0.2, 0) is 23.9 Å². The molecule has 4 saturated carbocycles. The van der Waals surface area contributed by atoms with Crippen LogP contribution in [-0.4, -0.2) is 34.2 Å². The van der Waals surface area contributed by atoms with Crippen molar-refractivity contribution in [2.45, 2.75) is 44.1 Å². The maximum atomic E-state index is 12.0. The van der Waals surface area contributed by atoms with Crippen molar-refractivity contribution in [3.8, 4) is 0 Å². The molecular formula is C14H16O6. The van der Waals surface area contributed by atoms with E-state index in [9.17, 15) is 19.2 Å². The minimum absolute atomic E-state index is 0.0239. The van der Waals surface area contributed by atoms with Gasteiger partial charge in [0.2, 0.25) is 0 Å². The number of ether oxygens (including phenoxy) is 1. The van der Waals surface area contributed by atoms with Gasteiger partial charge in [-0.05, 0) is 38.0 Å². The molecule has 2 atom stereocenters. The number of esters is 1. The molecule has 0 aromatic heterocycles. The number of hydrogen-bond acceptors (Lipinski definition) is 5. The van der Waals surface area contributed by atoms with E-state index in [1.165, 1.54) is 0 Å². The first kappa shape index (κ1) is 13.3. The largest absolute Gasteiger partial charge is 0.475 e. The molecule has 108 valence electrons. The third kappa shape index (κ3) is 2.13. The van der Waals surface area contributed by atoms with Crippen LogP contribution in [0, 0.1) is 17.8 Å². The van der Waals surface area contributed by atoms with Gasteiger partial charge >= 0.3 is 11.9 Å². The van der Waals surface area contributed by atoms with Crippen molar-refractivity contribution in [3.63, 3.8) is 0 Å². The first-order chi connectivity index (χ1) is 9.38. The second kappa shape index (κ2) is 4.40. The van der Waals surface area contributed by atoms with E-state index >= 15 is 0 Å². The van der Waals surface area contributed by atoms with Gasteiger partial charge in [-0.15, -0.1) is 0 Å². The van der Waals surface area contributed by atoms with Crippen LogP contribution in [0.3, 0.4) is 0 Å². The predicted molar refractivity (Wildman–Crippen MR) is 64.6 cm³/mol. The molecule has 4 rings (SSSR count). The van der Waals surface area contributed by atoms with E-state index in [0.29, 0.717) is 18.8 Å². The number of hydrogen-bond donors (Lipinski definition) is 1. The van der Waals surface area contributed by atoms with E-state index in [2.05, 4.69) is 0 Å². The number of carbonyl (C=O) groups excluding carboxylic acids is 3. The van der Waals surface area contributed by atoms with Crippen LogP contribution < -0.4 is 0 Å². The Morgan fingerprint density at radius 2 is 1.75 bits per heavy atom. The minimum Gasteiger partial charge on any atom is -0.475 e. The van der Waals surface area contributed by atoms with Crippen LogP contribution in [0.25, 0.3) is 0 Å². The first-order valence-corrected chi connectivity index (χ1v) is 6.90. The quantitative estimate of drug-likeness (QED) is 0.463. The van der Waals surface area contributed by atoms with Gasteiger partial charge in [-0.1, -0.05) is 0 Å². The summed E-state index contributed by atoms with van der Waals surface area (Å²) in [5.74, 6) is -2.92. The summed E-state index contributed by atoms with van der Waals surface area (Å²) in [4.78, 5) is 45.2. The molecule has 6 heteroatoms. The van der Waals surface area contributed by atoms with Crippen LogP contribution in [0.2, 0.25) is 0 Å². The third-order valence-electron chi connectivity index (χ3n) is 4.81. The number of carboxylic acid groups (broad SMARTS) is 1. The van der Waals surface area contributed by atoms with E-state index in [4.69, 9.17) is 9.84 Å². The lowest BCUT2D eigenvalue weighted by Gasteiger charge is -2.54. The topological polar surface area (TPSA) is 97.7 Å². The summed E-state index contributed by atoms with van der Waals surface area (Å²) in [6.45, 7) is 0. The van der Waals surface area contributed by atoms with Crippen LogP contribution in [0.1, 0.15) is 38.5 Å². The number of carboxylic acids is 1. The normalized spacial score (nSPS) is 37.8. The predicted octanol–water partition coefficient (Wildman–Crippen LogP) is 0.721. The molecule has 0 radical (unpaired) electrons. The van der Waals surface area contributed by atoms with E-state index in [1.807, 2.05) is 0 Å². The van der Waals surface area contributed by atoms with Crippen LogP contribution in [0.4, 0.5) is 0 Å². The molecule has 0 aromatic carbocycles. The van der Waals surface area contributed by atoms with Gasteiger partial charge in [-0.25, -0.2) is 4.79 Å². The molecule has 4 fully saturated rings. The molecule has 2 unspecified atom stereocenters. The Bertz CT molecular complexity index is 490. The summed E-state index contributed by atoms with van der Waals surface area (Å²) in [5, 5.41) is 8.49. The fraction of sp³-hybridized carbons (Fsp3) is 0.714. The van der Waals surface area contributed by atoms with Crippen molar-refractivity contribution in [1.82, 2.24) is 0 Å². The van der Waals surface area contributed by atoms with Gasteiger partial charge in [0.25, 0.3) is 5.78 Å². The molecule has 0 heterocycles. The monoisotopic (exact) mass is 280 g/mol. The second-order valence-corrected chi connectivity index (χ2v) is 6.31. The summed E-state index contributed by atoms with van der Waals surface area (Å²) in [5.41, 5.74) is -0.639. The fourth-order valence-electron chi connectivity index (χ4n) is 4.28. The van der Waals surface area contributed by atoms with Gasteiger partial charge in [-0.3, -0.25) is 14.4 Å². The van der Waals surface area contributed by atoms with Crippen molar-refractivity contribution >= 4 is 23.5 Å². The van der Waals surface area contributed by atoms with Crippen molar-refractivity contribution in [3.05, 3.63) is 0 Å². The molecule has 0 amide bonds. The van der Waals surface area contributed by atoms with Gasteiger partial charge in [0.1, 0.15) is 17.8 Å². The molecule has 4 aliphatic rings. The van der Waals surface area contributed by atoms with Crippen molar-refractivity contribution < 1.29 is 29.0 Å². The Labute approximate surface area is 115 Å². The molecule has 4 bridgehead atoms. The molecule has 0 spiro atoms. The Balaban J connectivity index is 1.68. The van der Waals surface area contributed by atoms with Gasteiger partial charge in [0, 0.05) is 11.8 Å². The maximum absolute atomic E-state index is 12.0. The number of ketones is 2. The van der Waals surface area contributed by atoms with Gasteiger partial charge < -0.3 is 9.84 Å². The molecule has 0 aliphatic heterocycles. The summed E-state index contributed by atoms with van der Waals surface area (Å²) in [7, 11) is 0. The Kier molecular flexibility index (Phi) is 2.92. The van der Waals surface area contributed by atoms with Gasteiger partial charge in [0.05, 0.1) is 0 Å². The number of rotatable bonds is 4. The molecule has 4 aliphatic carbocycles. The highest BCUT2D eigenvalue weighted by atomic mass is 16.6. The van der Waals surface area contributed by atoms with Gasteiger partial charge in [0.15, 0.2) is 0 Å². The summed E-state index contributed by atoms with van der Waals surface area (Å²) in [6, 6.07) is 0. The molecule has 1 N–H and O–H groups in total. The summed E-state index contributed by atoms with van der Waals surface area (Å²) < 4.78 is 5.44. The molecule has 0 saturated heterocycles. The Hall–Kier alpha value is -1.72. The molecule has 6 nitrogen and oxygen atoms in total. The van der Waals surface area contributed by atoms with E-state index in [1.54, 1.807) is 0 Å². The van der Waals surface area contributed by atoms with Crippen molar-refractivity contribution in [2.24, 2.45) is 17.8 Å². The maximum Gasteiger partial charge on any atom is 0.372 e.